The summed E-state index contributed by atoms with van der Waals surface area (Å²) in [5.41, 5.74) is 6.17. The Kier molecular flexibility index (Phi) is 4.44. The van der Waals surface area contributed by atoms with Crippen LogP contribution in [-0.2, 0) is 0 Å². The number of rotatable bonds is 3. The molecule has 0 spiro atoms. The molecule has 1 aliphatic rings. The Hall–Kier alpha value is -1.01. The first-order valence-corrected chi connectivity index (χ1v) is 8.13. The highest BCUT2D eigenvalue weighted by Crippen LogP contribution is 2.33. The van der Waals surface area contributed by atoms with Crippen molar-refractivity contribution in [3.8, 4) is 0 Å². The van der Waals surface area contributed by atoms with Gasteiger partial charge in [0.15, 0.2) is 0 Å². The van der Waals surface area contributed by atoms with Crippen LogP contribution < -0.4 is 11.1 Å². The molecular formula is C14H21N3OS2. The fourth-order valence-electron chi connectivity index (χ4n) is 2.70. The van der Waals surface area contributed by atoms with Crippen molar-refractivity contribution in [3.63, 3.8) is 0 Å². The second-order valence-corrected chi connectivity index (χ2v) is 7.37. The molecule has 20 heavy (non-hydrogen) atoms. The lowest BCUT2D eigenvalue weighted by molar-refractivity contribution is 0.0904. The van der Waals surface area contributed by atoms with E-state index in [-0.39, 0.29) is 5.91 Å². The minimum absolute atomic E-state index is 0.101. The predicted octanol–water partition coefficient (Wildman–Crippen LogP) is 2.72. The SMILES string of the molecule is Cc1nc(C)c(C(=O)NC2(C(N)=S)CCC(C)CC2)s1. The molecule has 110 valence electrons. The molecule has 0 atom stereocenters. The maximum Gasteiger partial charge on any atom is 0.264 e. The number of amides is 1. The summed E-state index contributed by atoms with van der Waals surface area (Å²) in [7, 11) is 0. The van der Waals surface area contributed by atoms with E-state index in [0.717, 1.165) is 36.4 Å². The van der Waals surface area contributed by atoms with Crippen LogP contribution in [0.1, 0.15) is 53.0 Å². The van der Waals surface area contributed by atoms with E-state index >= 15 is 0 Å². The van der Waals surface area contributed by atoms with Crippen LogP contribution in [0.25, 0.3) is 0 Å². The van der Waals surface area contributed by atoms with Gasteiger partial charge in [0.25, 0.3) is 5.91 Å². The number of carbonyl (C=O) groups excluding carboxylic acids is 1. The summed E-state index contributed by atoms with van der Waals surface area (Å²) in [5.74, 6) is 0.567. The molecule has 0 saturated heterocycles. The highest BCUT2D eigenvalue weighted by atomic mass is 32.1. The summed E-state index contributed by atoms with van der Waals surface area (Å²) in [6.07, 6.45) is 3.73. The van der Waals surface area contributed by atoms with Crippen LogP contribution in [0, 0.1) is 19.8 Å². The number of nitrogens with zero attached hydrogens (tertiary/aromatic N) is 1. The van der Waals surface area contributed by atoms with Gasteiger partial charge in [0.05, 0.1) is 21.2 Å². The summed E-state index contributed by atoms with van der Waals surface area (Å²) >= 11 is 6.64. The maximum absolute atomic E-state index is 12.5. The van der Waals surface area contributed by atoms with Crippen molar-refractivity contribution in [2.45, 2.75) is 52.0 Å². The minimum atomic E-state index is -0.525. The van der Waals surface area contributed by atoms with Crippen molar-refractivity contribution in [1.82, 2.24) is 10.3 Å². The van der Waals surface area contributed by atoms with Crippen LogP contribution in [0.4, 0.5) is 0 Å². The van der Waals surface area contributed by atoms with Crippen LogP contribution in [0.3, 0.4) is 0 Å². The first-order valence-electron chi connectivity index (χ1n) is 6.90. The van der Waals surface area contributed by atoms with E-state index in [1.54, 1.807) is 0 Å². The van der Waals surface area contributed by atoms with Crippen molar-refractivity contribution in [2.75, 3.05) is 0 Å². The molecule has 0 aromatic carbocycles. The number of aryl methyl sites for hydroxylation is 2. The number of hydrogen-bond acceptors (Lipinski definition) is 4. The number of nitrogens with two attached hydrogens (primary N) is 1. The molecule has 6 heteroatoms. The van der Waals surface area contributed by atoms with E-state index in [0.29, 0.717) is 15.8 Å². The first-order chi connectivity index (χ1) is 9.34. The van der Waals surface area contributed by atoms with E-state index in [9.17, 15) is 4.79 Å². The van der Waals surface area contributed by atoms with Crippen molar-refractivity contribution in [1.29, 1.82) is 0 Å². The highest BCUT2D eigenvalue weighted by Gasteiger charge is 2.39. The average Bonchev–Trinajstić information content (AvgIpc) is 2.71. The lowest BCUT2D eigenvalue weighted by atomic mass is 9.77. The predicted molar refractivity (Wildman–Crippen MR) is 86.2 cm³/mol. The third kappa shape index (κ3) is 3.01. The number of thiazole rings is 1. The normalized spacial score (nSPS) is 26.2. The molecule has 3 N–H and O–H groups in total. The van der Waals surface area contributed by atoms with Gasteiger partial charge in [0.1, 0.15) is 4.88 Å². The second-order valence-electron chi connectivity index (χ2n) is 5.73. The van der Waals surface area contributed by atoms with Gasteiger partial charge in [-0.2, -0.15) is 0 Å². The van der Waals surface area contributed by atoms with Gasteiger partial charge in [0.2, 0.25) is 0 Å². The fourth-order valence-corrected chi connectivity index (χ4v) is 3.77. The molecule has 2 rings (SSSR count). The number of aromatic nitrogens is 1. The maximum atomic E-state index is 12.5. The number of thiocarbonyl (C=S) groups is 1. The van der Waals surface area contributed by atoms with Crippen molar-refractivity contribution >= 4 is 34.5 Å². The van der Waals surface area contributed by atoms with Crippen LogP contribution in [0.5, 0.6) is 0 Å². The van der Waals surface area contributed by atoms with Gasteiger partial charge in [-0.3, -0.25) is 4.79 Å². The van der Waals surface area contributed by atoms with Crippen molar-refractivity contribution in [2.24, 2.45) is 11.7 Å². The summed E-state index contributed by atoms with van der Waals surface area (Å²) in [6.45, 7) is 5.98. The number of nitrogens with one attached hydrogen (secondary N) is 1. The molecule has 0 bridgehead atoms. The lowest BCUT2D eigenvalue weighted by Gasteiger charge is -2.39. The van der Waals surface area contributed by atoms with Crippen LogP contribution in [-0.4, -0.2) is 21.4 Å². The van der Waals surface area contributed by atoms with E-state index < -0.39 is 5.54 Å². The molecule has 4 nitrogen and oxygen atoms in total. The standard InChI is InChI=1S/C14H21N3OS2/c1-8-4-6-14(7-5-8,13(15)19)17-12(18)11-9(2)16-10(3)20-11/h8H,4-7H2,1-3H3,(H2,15,19)(H,17,18). The van der Waals surface area contributed by atoms with Gasteiger partial charge in [0, 0.05) is 0 Å². The average molecular weight is 311 g/mol. The van der Waals surface area contributed by atoms with Crippen molar-refractivity contribution < 1.29 is 4.79 Å². The van der Waals surface area contributed by atoms with Crippen LogP contribution in [0.15, 0.2) is 0 Å². The summed E-state index contributed by atoms with van der Waals surface area (Å²) in [5, 5.41) is 3.99. The zero-order valence-electron chi connectivity index (χ0n) is 12.2. The largest absolute Gasteiger partial charge is 0.391 e. The summed E-state index contributed by atoms with van der Waals surface area (Å²) in [6, 6.07) is 0. The molecule has 0 aliphatic heterocycles. The Balaban J connectivity index is 2.19. The second kappa shape index (κ2) is 5.77. The Labute approximate surface area is 129 Å². The number of carbonyl (C=O) groups is 1. The molecular weight excluding hydrogens is 290 g/mol. The van der Waals surface area contributed by atoms with Gasteiger partial charge >= 0.3 is 0 Å². The molecule has 1 aromatic heterocycles. The van der Waals surface area contributed by atoms with Gasteiger partial charge in [-0.25, -0.2) is 4.98 Å². The first kappa shape index (κ1) is 15.4. The van der Waals surface area contributed by atoms with E-state index in [4.69, 9.17) is 18.0 Å². The highest BCUT2D eigenvalue weighted by molar-refractivity contribution is 7.80. The van der Waals surface area contributed by atoms with Crippen LogP contribution in [0.2, 0.25) is 0 Å². The minimum Gasteiger partial charge on any atom is -0.391 e. The Bertz CT molecular complexity index is 531. The number of hydrogen-bond donors (Lipinski definition) is 2. The van der Waals surface area contributed by atoms with E-state index in [2.05, 4.69) is 17.2 Å². The molecule has 1 heterocycles. The Morgan fingerprint density at radius 1 is 1.45 bits per heavy atom. The zero-order chi connectivity index (χ0) is 14.9. The fraction of sp³-hybridized carbons (Fsp3) is 0.643. The lowest BCUT2D eigenvalue weighted by Crippen LogP contribution is -2.58. The smallest absolute Gasteiger partial charge is 0.264 e. The summed E-state index contributed by atoms with van der Waals surface area (Å²) in [4.78, 5) is 17.8. The third-order valence-corrected chi connectivity index (χ3v) is 5.52. The topological polar surface area (TPSA) is 68.0 Å². The molecule has 0 unspecified atom stereocenters. The molecule has 1 aromatic rings. The van der Waals surface area contributed by atoms with Gasteiger partial charge in [-0.05, 0) is 45.4 Å². The Morgan fingerprint density at radius 3 is 2.50 bits per heavy atom. The third-order valence-electron chi connectivity index (χ3n) is 4.06. The molecule has 1 aliphatic carbocycles. The summed E-state index contributed by atoms with van der Waals surface area (Å²) < 4.78 is 0. The van der Waals surface area contributed by atoms with Gasteiger partial charge in [-0.15, -0.1) is 11.3 Å². The van der Waals surface area contributed by atoms with Gasteiger partial charge < -0.3 is 11.1 Å². The monoisotopic (exact) mass is 311 g/mol. The Morgan fingerprint density at radius 2 is 2.05 bits per heavy atom. The van der Waals surface area contributed by atoms with Crippen molar-refractivity contribution in [3.05, 3.63) is 15.6 Å². The van der Waals surface area contributed by atoms with Crippen LogP contribution >= 0.6 is 23.6 Å². The molecule has 1 saturated carbocycles. The quantitative estimate of drug-likeness (QED) is 0.842. The van der Waals surface area contributed by atoms with E-state index in [1.165, 1.54) is 11.3 Å². The van der Waals surface area contributed by atoms with Gasteiger partial charge in [-0.1, -0.05) is 19.1 Å². The van der Waals surface area contributed by atoms with E-state index in [1.807, 2.05) is 13.8 Å². The molecule has 0 radical (unpaired) electrons. The molecule has 1 amide bonds. The molecule has 1 fully saturated rings. The zero-order valence-corrected chi connectivity index (χ0v) is 13.8.